The summed E-state index contributed by atoms with van der Waals surface area (Å²) in [4.78, 5) is 0. The Bertz CT molecular complexity index is 413. The highest BCUT2D eigenvalue weighted by molar-refractivity contribution is 5.52. The lowest BCUT2D eigenvalue weighted by Gasteiger charge is -2.19. The Morgan fingerprint density at radius 3 is 2.35 bits per heavy atom. The normalized spacial score (nSPS) is 16.7. The smallest absolute Gasteiger partial charge is 0.129 e. The average Bonchev–Trinajstić information content (AvgIpc) is 3.08. The van der Waals surface area contributed by atoms with Gasteiger partial charge < -0.3 is 19.9 Å². The summed E-state index contributed by atoms with van der Waals surface area (Å²) >= 11 is 0. The first-order valence-electron chi connectivity index (χ1n) is 5.68. The zero-order chi connectivity index (χ0) is 12.5. The van der Waals surface area contributed by atoms with Crippen molar-refractivity contribution in [1.29, 1.82) is 0 Å². The molecule has 4 heteroatoms. The molecule has 94 valence electrons. The molecule has 1 aliphatic rings. The summed E-state index contributed by atoms with van der Waals surface area (Å²) in [6, 6.07) is 3.89. The molecule has 0 unspecified atom stereocenters. The molecular weight excluding hydrogens is 218 g/mol. The summed E-state index contributed by atoms with van der Waals surface area (Å²) in [5.74, 6) is 1.62. The van der Waals surface area contributed by atoms with Crippen molar-refractivity contribution < 1.29 is 14.2 Å². The van der Waals surface area contributed by atoms with Crippen molar-refractivity contribution in [3.8, 4) is 11.5 Å². The molecule has 1 fully saturated rings. The van der Waals surface area contributed by atoms with Crippen LogP contribution in [0.2, 0.25) is 0 Å². The molecule has 1 aliphatic carbocycles. The Kier molecular flexibility index (Phi) is 3.26. The highest BCUT2D eigenvalue weighted by Crippen LogP contribution is 2.48. The van der Waals surface area contributed by atoms with E-state index >= 15 is 0 Å². The van der Waals surface area contributed by atoms with E-state index < -0.39 is 0 Å². The van der Waals surface area contributed by atoms with Gasteiger partial charge in [0, 0.05) is 23.8 Å². The van der Waals surface area contributed by atoms with Crippen LogP contribution >= 0.6 is 0 Å². The summed E-state index contributed by atoms with van der Waals surface area (Å²) < 4.78 is 16.0. The van der Waals surface area contributed by atoms with Crippen LogP contribution in [0.5, 0.6) is 11.5 Å². The molecule has 0 radical (unpaired) electrons. The van der Waals surface area contributed by atoms with Crippen LogP contribution in [-0.4, -0.2) is 21.3 Å². The predicted molar refractivity (Wildman–Crippen MR) is 65.4 cm³/mol. The van der Waals surface area contributed by atoms with E-state index in [0.717, 1.165) is 35.5 Å². The third kappa shape index (κ3) is 2.23. The van der Waals surface area contributed by atoms with Crippen molar-refractivity contribution in [2.24, 2.45) is 5.73 Å². The first-order valence-corrected chi connectivity index (χ1v) is 5.68. The lowest BCUT2D eigenvalue weighted by molar-refractivity contribution is 0.181. The number of rotatable bonds is 5. The number of hydrogen-bond donors (Lipinski definition) is 1. The number of ether oxygens (including phenoxy) is 3. The largest absolute Gasteiger partial charge is 0.497 e. The monoisotopic (exact) mass is 237 g/mol. The molecule has 0 spiro atoms. The van der Waals surface area contributed by atoms with Gasteiger partial charge in [-0.05, 0) is 25.0 Å². The van der Waals surface area contributed by atoms with E-state index in [1.807, 2.05) is 12.1 Å². The fraction of sp³-hybridized carbons (Fsp3) is 0.538. The van der Waals surface area contributed by atoms with Gasteiger partial charge in [0.15, 0.2) is 0 Å². The zero-order valence-electron chi connectivity index (χ0n) is 10.6. The molecule has 0 aliphatic heterocycles. The summed E-state index contributed by atoms with van der Waals surface area (Å²) in [7, 11) is 4.97. The fourth-order valence-electron chi connectivity index (χ4n) is 2.06. The minimum absolute atomic E-state index is 0.248. The highest BCUT2D eigenvalue weighted by Gasteiger charge is 2.43. The molecule has 0 aromatic heterocycles. The summed E-state index contributed by atoms with van der Waals surface area (Å²) in [5, 5.41) is 0. The zero-order valence-corrected chi connectivity index (χ0v) is 10.6. The molecular formula is C13H19NO3. The molecule has 1 aromatic rings. The molecule has 2 rings (SSSR count). The second-order valence-corrected chi connectivity index (χ2v) is 4.46. The topological polar surface area (TPSA) is 53.7 Å². The Hall–Kier alpha value is -1.26. The second-order valence-electron chi connectivity index (χ2n) is 4.46. The molecule has 1 aromatic carbocycles. The van der Waals surface area contributed by atoms with Gasteiger partial charge in [0.1, 0.15) is 11.5 Å². The Labute approximate surface area is 102 Å². The van der Waals surface area contributed by atoms with Crippen LogP contribution in [-0.2, 0) is 16.9 Å². The minimum atomic E-state index is -0.248. The van der Waals surface area contributed by atoms with E-state index in [9.17, 15) is 0 Å². The number of hydrogen-bond acceptors (Lipinski definition) is 4. The van der Waals surface area contributed by atoms with Crippen molar-refractivity contribution in [1.82, 2.24) is 0 Å². The van der Waals surface area contributed by atoms with Crippen molar-refractivity contribution in [2.75, 3.05) is 21.3 Å². The van der Waals surface area contributed by atoms with Gasteiger partial charge in [-0.25, -0.2) is 0 Å². The first-order chi connectivity index (χ1) is 8.14. The molecule has 0 saturated heterocycles. The van der Waals surface area contributed by atoms with E-state index in [2.05, 4.69) is 0 Å². The lowest BCUT2D eigenvalue weighted by atomic mass is 10.0. The van der Waals surface area contributed by atoms with Gasteiger partial charge in [0.25, 0.3) is 0 Å². The average molecular weight is 237 g/mol. The highest BCUT2D eigenvalue weighted by atomic mass is 16.5. The van der Waals surface area contributed by atoms with Crippen molar-refractivity contribution in [3.05, 3.63) is 23.3 Å². The van der Waals surface area contributed by atoms with Crippen molar-refractivity contribution in [3.63, 3.8) is 0 Å². The van der Waals surface area contributed by atoms with Gasteiger partial charge >= 0.3 is 0 Å². The van der Waals surface area contributed by atoms with Crippen LogP contribution in [0.15, 0.2) is 12.1 Å². The molecule has 4 nitrogen and oxygen atoms in total. The number of methoxy groups -OCH3 is 3. The molecule has 17 heavy (non-hydrogen) atoms. The molecule has 0 atom stereocenters. The van der Waals surface area contributed by atoms with Gasteiger partial charge in [-0.15, -0.1) is 0 Å². The van der Waals surface area contributed by atoms with Gasteiger partial charge in [-0.2, -0.15) is 0 Å². The third-order valence-corrected chi connectivity index (χ3v) is 3.20. The van der Waals surface area contributed by atoms with Crippen LogP contribution in [0.4, 0.5) is 0 Å². The maximum Gasteiger partial charge on any atom is 0.129 e. The van der Waals surface area contributed by atoms with E-state index in [1.54, 1.807) is 21.3 Å². The molecule has 1 saturated carbocycles. The van der Waals surface area contributed by atoms with Crippen LogP contribution in [0, 0.1) is 0 Å². The fourth-order valence-corrected chi connectivity index (χ4v) is 2.06. The van der Waals surface area contributed by atoms with Crippen LogP contribution in [0.3, 0.4) is 0 Å². The molecule has 2 N–H and O–H groups in total. The van der Waals surface area contributed by atoms with Crippen molar-refractivity contribution in [2.45, 2.75) is 25.0 Å². The van der Waals surface area contributed by atoms with Gasteiger partial charge in [-0.3, -0.25) is 0 Å². The Balaban J connectivity index is 2.50. The maximum atomic E-state index is 6.26. The Morgan fingerprint density at radius 1 is 1.18 bits per heavy atom. The molecule has 0 amide bonds. The number of nitrogens with two attached hydrogens (primary N) is 1. The van der Waals surface area contributed by atoms with Gasteiger partial charge in [0.2, 0.25) is 0 Å². The standard InChI is InChI=1S/C13H19NO3/c1-15-8-9-6-10(16-2)7-11(12(9)17-3)13(14)4-5-13/h6-7H,4-5,8,14H2,1-3H3. The minimum Gasteiger partial charge on any atom is -0.497 e. The maximum absolute atomic E-state index is 6.26. The first kappa shape index (κ1) is 12.2. The quantitative estimate of drug-likeness (QED) is 0.848. The predicted octanol–water partition coefficient (Wildman–Crippen LogP) is 1.80. The number of benzene rings is 1. The summed E-state index contributed by atoms with van der Waals surface area (Å²) in [5.41, 5.74) is 8.00. The molecule has 0 bridgehead atoms. The second kappa shape index (κ2) is 4.55. The van der Waals surface area contributed by atoms with Crippen LogP contribution in [0.25, 0.3) is 0 Å². The lowest BCUT2D eigenvalue weighted by Crippen LogP contribution is -2.20. The Morgan fingerprint density at radius 2 is 1.88 bits per heavy atom. The molecule has 0 heterocycles. The third-order valence-electron chi connectivity index (χ3n) is 3.20. The summed E-state index contributed by atoms with van der Waals surface area (Å²) in [6.07, 6.45) is 1.98. The van der Waals surface area contributed by atoms with E-state index in [-0.39, 0.29) is 5.54 Å². The van der Waals surface area contributed by atoms with Crippen molar-refractivity contribution >= 4 is 0 Å². The summed E-state index contributed by atoms with van der Waals surface area (Å²) in [6.45, 7) is 0.490. The SMILES string of the molecule is COCc1cc(OC)cc(C2(N)CC2)c1OC. The van der Waals surface area contributed by atoms with E-state index in [4.69, 9.17) is 19.9 Å². The van der Waals surface area contributed by atoms with E-state index in [0.29, 0.717) is 6.61 Å². The van der Waals surface area contributed by atoms with Crippen LogP contribution < -0.4 is 15.2 Å². The van der Waals surface area contributed by atoms with Gasteiger partial charge in [0.05, 0.1) is 20.8 Å². The van der Waals surface area contributed by atoms with Gasteiger partial charge in [-0.1, -0.05) is 0 Å². The van der Waals surface area contributed by atoms with Crippen LogP contribution in [0.1, 0.15) is 24.0 Å². The van der Waals surface area contributed by atoms with E-state index in [1.165, 1.54) is 0 Å².